The first-order chi connectivity index (χ1) is 10.2. The molecule has 1 atom stereocenters. The van der Waals surface area contributed by atoms with Gasteiger partial charge >= 0.3 is 0 Å². The van der Waals surface area contributed by atoms with Gasteiger partial charge in [0.2, 0.25) is 0 Å². The molecule has 4 nitrogen and oxygen atoms in total. The van der Waals surface area contributed by atoms with Crippen molar-refractivity contribution < 1.29 is 14.7 Å². The van der Waals surface area contributed by atoms with Gasteiger partial charge in [0.1, 0.15) is 0 Å². The van der Waals surface area contributed by atoms with Crippen LogP contribution in [0.25, 0.3) is 0 Å². The van der Waals surface area contributed by atoms with Crippen molar-refractivity contribution >= 4 is 17.4 Å². The van der Waals surface area contributed by atoms with E-state index in [0.717, 1.165) is 12.0 Å². The lowest BCUT2D eigenvalue weighted by molar-refractivity contribution is -0.255. The first kappa shape index (κ1) is 13.4. The summed E-state index contributed by atoms with van der Waals surface area (Å²) >= 11 is 0. The van der Waals surface area contributed by atoms with Crippen LogP contribution < -0.4 is 10.4 Å². The van der Waals surface area contributed by atoms with Gasteiger partial charge in [-0.2, -0.15) is 0 Å². The lowest BCUT2D eigenvalue weighted by atomic mass is 9.98. The van der Waals surface area contributed by atoms with Crippen molar-refractivity contribution in [3.05, 3.63) is 65.2 Å². The number of benzene rings is 2. The molecule has 0 fully saturated rings. The van der Waals surface area contributed by atoms with Crippen LogP contribution in [0.1, 0.15) is 32.7 Å². The maximum Gasteiger partial charge on any atom is 0.187 e. The third-order valence-electron chi connectivity index (χ3n) is 3.74. The van der Waals surface area contributed by atoms with Gasteiger partial charge in [0, 0.05) is 11.3 Å². The van der Waals surface area contributed by atoms with E-state index in [1.807, 2.05) is 30.3 Å². The second-order valence-electron chi connectivity index (χ2n) is 5.10. The van der Waals surface area contributed by atoms with Crippen molar-refractivity contribution in [3.63, 3.8) is 0 Å². The van der Waals surface area contributed by atoms with Crippen molar-refractivity contribution in [2.45, 2.75) is 18.9 Å². The zero-order valence-corrected chi connectivity index (χ0v) is 11.3. The van der Waals surface area contributed by atoms with Crippen molar-refractivity contribution in [2.24, 2.45) is 0 Å². The van der Waals surface area contributed by atoms with Crippen LogP contribution in [0, 0.1) is 0 Å². The number of rotatable bonds is 4. The van der Waals surface area contributed by atoms with Gasteiger partial charge in [-0.05, 0) is 24.5 Å². The molecule has 2 aromatic rings. The molecule has 0 unspecified atom stereocenters. The summed E-state index contributed by atoms with van der Waals surface area (Å²) in [4.78, 5) is 23.5. The lowest BCUT2D eigenvalue weighted by Gasteiger charge is -2.09. The first-order valence-corrected chi connectivity index (χ1v) is 6.86. The molecule has 0 saturated heterocycles. The number of hydrogen-bond acceptors (Lipinski definition) is 4. The van der Waals surface area contributed by atoms with Gasteiger partial charge in [-0.3, -0.25) is 4.79 Å². The maximum atomic E-state index is 12.4. The van der Waals surface area contributed by atoms with Crippen LogP contribution in [0.2, 0.25) is 0 Å². The summed E-state index contributed by atoms with van der Waals surface area (Å²) < 4.78 is 0. The van der Waals surface area contributed by atoms with Crippen LogP contribution in [-0.4, -0.2) is 17.8 Å². The largest absolute Gasteiger partial charge is 0.545 e. The average molecular weight is 280 g/mol. The second kappa shape index (κ2) is 5.40. The quantitative estimate of drug-likeness (QED) is 0.924. The number of carbonyl (C=O) groups is 2. The minimum atomic E-state index is -1.31. The number of aromatic carboxylic acids is 1. The summed E-state index contributed by atoms with van der Waals surface area (Å²) in [5.41, 5.74) is 1.95. The van der Waals surface area contributed by atoms with Gasteiger partial charge in [0.25, 0.3) is 0 Å². The topological polar surface area (TPSA) is 69.2 Å². The molecular weight excluding hydrogens is 266 g/mol. The molecule has 2 aromatic carbocycles. The van der Waals surface area contributed by atoms with Crippen LogP contribution in [0.3, 0.4) is 0 Å². The van der Waals surface area contributed by atoms with E-state index in [4.69, 9.17) is 0 Å². The highest BCUT2D eigenvalue weighted by molar-refractivity contribution is 6.15. The van der Waals surface area contributed by atoms with Crippen molar-refractivity contribution in [2.75, 3.05) is 5.32 Å². The van der Waals surface area contributed by atoms with Crippen molar-refractivity contribution in [3.8, 4) is 0 Å². The predicted octanol–water partition coefficient (Wildman–Crippen LogP) is 1.66. The van der Waals surface area contributed by atoms with E-state index < -0.39 is 5.97 Å². The second-order valence-corrected chi connectivity index (χ2v) is 5.10. The molecule has 1 N–H and O–H groups in total. The molecule has 0 aromatic heterocycles. The monoisotopic (exact) mass is 280 g/mol. The molecule has 1 aliphatic heterocycles. The van der Waals surface area contributed by atoms with E-state index in [1.54, 1.807) is 12.1 Å². The third-order valence-corrected chi connectivity index (χ3v) is 3.74. The number of carbonyl (C=O) groups excluding carboxylic acids is 2. The van der Waals surface area contributed by atoms with Gasteiger partial charge in [0.05, 0.1) is 17.6 Å². The molecule has 1 heterocycles. The van der Waals surface area contributed by atoms with Gasteiger partial charge in [0.15, 0.2) is 5.78 Å². The van der Waals surface area contributed by atoms with Crippen LogP contribution in [-0.2, 0) is 6.42 Å². The number of carboxylic acids is 1. The number of nitrogens with one attached hydrogen (secondary N) is 1. The molecule has 3 rings (SSSR count). The van der Waals surface area contributed by atoms with E-state index in [9.17, 15) is 14.7 Å². The van der Waals surface area contributed by atoms with Gasteiger partial charge < -0.3 is 15.2 Å². The van der Waals surface area contributed by atoms with Gasteiger partial charge in [-0.15, -0.1) is 0 Å². The highest BCUT2D eigenvalue weighted by Crippen LogP contribution is 2.30. The Morgan fingerprint density at radius 3 is 2.57 bits per heavy atom. The fraction of sp³-hybridized carbons (Fsp3) is 0.176. The zero-order valence-electron chi connectivity index (χ0n) is 11.3. The number of hydrogen-bond donors (Lipinski definition) is 1. The summed E-state index contributed by atoms with van der Waals surface area (Å²) in [7, 11) is 0. The molecule has 0 aliphatic carbocycles. The fourth-order valence-electron chi connectivity index (χ4n) is 2.69. The Balaban J connectivity index is 1.78. The van der Waals surface area contributed by atoms with Crippen LogP contribution in [0.5, 0.6) is 0 Å². The smallest absolute Gasteiger partial charge is 0.187 e. The summed E-state index contributed by atoms with van der Waals surface area (Å²) in [6, 6.07) is 14.3. The molecule has 21 heavy (non-hydrogen) atoms. The average Bonchev–Trinajstić information content (AvgIpc) is 2.83. The Kier molecular flexibility index (Phi) is 3.44. The van der Waals surface area contributed by atoms with E-state index in [-0.39, 0.29) is 23.0 Å². The molecule has 4 heteroatoms. The lowest BCUT2D eigenvalue weighted by Crippen LogP contribution is -2.26. The standard InChI is InChI=1S/C17H15NO3/c19-16-14(10-9-11-5-2-1-3-6-11)18-13-8-4-7-12(15(13)16)17(20)21/h1-8,14,18H,9-10H2,(H,20,21)/p-1/t14-/m0/s1. The molecular formula is C17H14NO3-. The number of Topliss-reactive ketones (excluding diaryl/α,β-unsaturated/α-hetero) is 1. The zero-order chi connectivity index (χ0) is 14.8. The minimum absolute atomic E-state index is 0.0350. The predicted molar refractivity (Wildman–Crippen MR) is 77.3 cm³/mol. The highest BCUT2D eigenvalue weighted by Gasteiger charge is 2.31. The SMILES string of the molecule is O=C([O-])c1cccc2c1C(=O)[C@H](CCc1ccccc1)N2. The number of aryl methyl sites for hydroxylation is 1. The van der Waals surface area contributed by atoms with Gasteiger partial charge in [-0.25, -0.2) is 0 Å². The maximum absolute atomic E-state index is 12.4. The fourth-order valence-corrected chi connectivity index (χ4v) is 2.69. The summed E-state index contributed by atoms with van der Waals surface area (Å²) in [6.07, 6.45) is 1.39. The van der Waals surface area contributed by atoms with Crippen LogP contribution in [0.4, 0.5) is 5.69 Å². The first-order valence-electron chi connectivity index (χ1n) is 6.86. The number of anilines is 1. The van der Waals surface area contributed by atoms with Gasteiger partial charge in [-0.1, -0.05) is 42.5 Å². The molecule has 106 valence electrons. The Hall–Kier alpha value is -2.62. The summed E-state index contributed by atoms with van der Waals surface area (Å²) in [6.45, 7) is 0. The molecule has 0 spiro atoms. The summed E-state index contributed by atoms with van der Waals surface area (Å²) in [5, 5.41) is 14.2. The summed E-state index contributed by atoms with van der Waals surface area (Å²) in [5.74, 6) is -1.48. The number of carboxylic acid groups (broad SMARTS) is 1. The normalized spacial score (nSPS) is 16.4. The Morgan fingerprint density at radius 1 is 1.10 bits per heavy atom. The minimum Gasteiger partial charge on any atom is -0.545 e. The molecule has 0 saturated carbocycles. The number of fused-ring (bicyclic) bond motifs is 1. The van der Waals surface area contributed by atoms with Crippen molar-refractivity contribution in [1.29, 1.82) is 0 Å². The molecule has 0 bridgehead atoms. The molecule has 0 radical (unpaired) electrons. The van der Waals surface area contributed by atoms with E-state index in [2.05, 4.69) is 5.32 Å². The molecule has 1 aliphatic rings. The highest BCUT2D eigenvalue weighted by atomic mass is 16.4. The van der Waals surface area contributed by atoms with E-state index >= 15 is 0 Å². The van der Waals surface area contributed by atoms with Crippen molar-refractivity contribution in [1.82, 2.24) is 0 Å². The van der Waals surface area contributed by atoms with E-state index in [1.165, 1.54) is 6.07 Å². The Morgan fingerprint density at radius 2 is 1.86 bits per heavy atom. The Bertz CT molecular complexity index is 694. The van der Waals surface area contributed by atoms with Crippen LogP contribution in [0.15, 0.2) is 48.5 Å². The Labute approximate surface area is 122 Å². The number of ketones is 1. The van der Waals surface area contributed by atoms with Crippen LogP contribution >= 0.6 is 0 Å². The third kappa shape index (κ3) is 2.52. The molecule has 0 amide bonds. The van der Waals surface area contributed by atoms with E-state index in [0.29, 0.717) is 12.1 Å².